The lowest BCUT2D eigenvalue weighted by Crippen LogP contribution is -2.24. The smallest absolute Gasteiger partial charge is 0.205 e. The Morgan fingerprint density at radius 1 is 1.00 bits per heavy atom. The molecule has 0 saturated heterocycles. The van der Waals surface area contributed by atoms with E-state index >= 15 is 0 Å². The van der Waals surface area contributed by atoms with Crippen molar-refractivity contribution in [3.8, 4) is 22.5 Å². The minimum absolute atomic E-state index is 0.545. The van der Waals surface area contributed by atoms with Gasteiger partial charge in [-0.3, -0.25) is 0 Å². The Kier molecular flexibility index (Phi) is 6.39. The fourth-order valence-corrected chi connectivity index (χ4v) is 4.09. The highest BCUT2D eigenvalue weighted by Crippen LogP contribution is 2.35. The molecule has 0 fully saturated rings. The van der Waals surface area contributed by atoms with E-state index in [1.54, 1.807) is 6.07 Å². The summed E-state index contributed by atoms with van der Waals surface area (Å²) in [4.78, 5) is 2.24. The third kappa shape index (κ3) is 4.65. The topological polar surface area (TPSA) is 83.7 Å². The lowest BCUT2D eigenvalue weighted by atomic mass is 9.98. The molecule has 0 aliphatic heterocycles. The average Bonchev–Trinajstić information content (AvgIpc) is 3.30. The number of nitrogens with two attached hydrogens (primary N) is 1. The van der Waals surface area contributed by atoms with Gasteiger partial charge in [-0.1, -0.05) is 66.5 Å². The molecule has 6 nitrogen and oxygen atoms in total. The SMILES string of the molecule is CCCN(Cc1ccc(Cl)cc1Cl)c1ccc(-c2ccccc2-c2nn[nH]n2)cc1N. The van der Waals surface area contributed by atoms with Gasteiger partial charge in [-0.2, -0.15) is 5.21 Å². The number of anilines is 2. The van der Waals surface area contributed by atoms with Crippen molar-refractivity contribution in [1.82, 2.24) is 20.6 Å². The zero-order valence-corrected chi connectivity index (χ0v) is 18.5. The molecule has 0 bridgehead atoms. The van der Waals surface area contributed by atoms with Crippen LogP contribution in [0.25, 0.3) is 22.5 Å². The molecular formula is C23H22Cl2N6. The van der Waals surface area contributed by atoms with Gasteiger partial charge in [0.2, 0.25) is 5.82 Å². The summed E-state index contributed by atoms with van der Waals surface area (Å²) >= 11 is 12.5. The maximum absolute atomic E-state index is 6.53. The molecule has 3 N–H and O–H groups in total. The summed E-state index contributed by atoms with van der Waals surface area (Å²) < 4.78 is 0. The number of benzene rings is 3. The predicted octanol–water partition coefficient (Wildman–Crippen LogP) is 5.84. The standard InChI is InChI=1S/C23H22Cl2N6/c1-2-11-31(14-16-7-9-17(24)13-20(16)25)22-10-8-15(12-21(22)26)18-5-3-4-6-19(18)23-27-29-30-28-23/h3-10,12-13H,2,11,14,26H2,1H3,(H,27,28,29,30). The molecule has 8 heteroatoms. The molecule has 0 saturated carbocycles. The fraction of sp³-hybridized carbons (Fsp3) is 0.174. The van der Waals surface area contributed by atoms with Crippen LogP contribution in [0.3, 0.4) is 0 Å². The van der Waals surface area contributed by atoms with Gasteiger partial charge in [0.05, 0.1) is 11.4 Å². The zero-order chi connectivity index (χ0) is 21.8. The molecule has 0 aliphatic rings. The number of halogens is 2. The van der Waals surface area contributed by atoms with E-state index in [9.17, 15) is 0 Å². The first kappa shape index (κ1) is 21.2. The van der Waals surface area contributed by atoms with Gasteiger partial charge in [-0.25, -0.2) is 0 Å². The van der Waals surface area contributed by atoms with Gasteiger partial charge in [0.15, 0.2) is 0 Å². The van der Waals surface area contributed by atoms with Crippen LogP contribution in [0.5, 0.6) is 0 Å². The van der Waals surface area contributed by atoms with E-state index in [1.807, 2.05) is 42.5 Å². The predicted molar refractivity (Wildman–Crippen MR) is 127 cm³/mol. The highest BCUT2D eigenvalue weighted by Gasteiger charge is 2.15. The number of rotatable bonds is 7. The second-order valence-electron chi connectivity index (χ2n) is 7.21. The summed E-state index contributed by atoms with van der Waals surface area (Å²) in [7, 11) is 0. The van der Waals surface area contributed by atoms with Gasteiger partial charge >= 0.3 is 0 Å². The Hall–Kier alpha value is -3.09. The number of H-pyrrole nitrogens is 1. The number of nitrogens with one attached hydrogen (secondary N) is 1. The van der Waals surface area contributed by atoms with Crippen molar-refractivity contribution in [2.75, 3.05) is 17.2 Å². The molecule has 0 unspecified atom stereocenters. The summed E-state index contributed by atoms with van der Waals surface area (Å²) in [5, 5.41) is 15.7. The normalized spacial score (nSPS) is 10.9. The van der Waals surface area contributed by atoms with E-state index in [-0.39, 0.29) is 0 Å². The van der Waals surface area contributed by atoms with Crippen LogP contribution in [0.2, 0.25) is 10.0 Å². The number of hydrogen-bond donors (Lipinski definition) is 2. The molecule has 3 aromatic carbocycles. The van der Waals surface area contributed by atoms with Gasteiger partial charge in [0, 0.05) is 28.7 Å². The van der Waals surface area contributed by atoms with Crippen molar-refractivity contribution >= 4 is 34.6 Å². The van der Waals surface area contributed by atoms with Crippen LogP contribution in [-0.4, -0.2) is 27.2 Å². The van der Waals surface area contributed by atoms with Crippen LogP contribution in [0.1, 0.15) is 18.9 Å². The second-order valence-corrected chi connectivity index (χ2v) is 8.06. The van der Waals surface area contributed by atoms with Crippen LogP contribution < -0.4 is 10.6 Å². The van der Waals surface area contributed by atoms with E-state index in [0.717, 1.165) is 40.9 Å². The molecule has 158 valence electrons. The minimum atomic E-state index is 0.545. The quantitative estimate of drug-likeness (QED) is 0.344. The minimum Gasteiger partial charge on any atom is -0.397 e. The van der Waals surface area contributed by atoms with Crippen molar-refractivity contribution < 1.29 is 0 Å². The molecule has 0 radical (unpaired) electrons. The van der Waals surface area contributed by atoms with Crippen molar-refractivity contribution in [3.63, 3.8) is 0 Å². The van der Waals surface area contributed by atoms with E-state index < -0.39 is 0 Å². The molecule has 1 aromatic heterocycles. The highest BCUT2D eigenvalue weighted by atomic mass is 35.5. The molecule has 4 rings (SSSR count). The first-order chi connectivity index (χ1) is 15.1. The van der Waals surface area contributed by atoms with Crippen LogP contribution in [0.4, 0.5) is 11.4 Å². The van der Waals surface area contributed by atoms with Crippen LogP contribution >= 0.6 is 23.2 Å². The molecule has 0 spiro atoms. The number of aromatic amines is 1. The summed E-state index contributed by atoms with van der Waals surface area (Å²) in [6, 6.07) is 19.6. The van der Waals surface area contributed by atoms with Gasteiger partial charge in [0.25, 0.3) is 0 Å². The van der Waals surface area contributed by atoms with Crippen molar-refractivity contribution in [2.45, 2.75) is 19.9 Å². The number of hydrogen-bond acceptors (Lipinski definition) is 5. The molecule has 0 amide bonds. The molecule has 4 aromatic rings. The number of tetrazole rings is 1. The Balaban J connectivity index is 1.68. The lowest BCUT2D eigenvalue weighted by molar-refractivity contribution is 0.768. The summed E-state index contributed by atoms with van der Waals surface area (Å²) in [6.45, 7) is 3.64. The Morgan fingerprint density at radius 3 is 2.48 bits per heavy atom. The van der Waals surface area contributed by atoms with Gasteiger partial charge in [-0.05, 0) is 52.6 Å². The van der Waals surface area contributed by atoms with Gasteiger partial charge in [-0.15, -0.1) is 10.2 Å². The summed E-state index contributed by atoms with van der Waals surface area (Å²) in [5.41, 5.74) is 12.1. The van der Waals surface area contributed by atoms with Crippen molar-refractivity contribution in [2.24, 2.45) is 0 Å². The van der Waals surface area contributed by atoms with E-state index in [4.69, 9.17) is 28.9 Å². The van der Waals surface area contributed by atoms with E-state index in [0.29, 0.717) is 28.1 Å². The molecule has 31 heavy (non-hydrogen) atoms. The van der Waals surface area contributed by atoms with Crippen LogP contribution in [-0.2, 0) is 6.54 Å². The largest absolute Gasteiger partial charge is 0.397 e. The average molecular weight is 453 g/mol. The lowest BCUT2D eigenvalue weighted by Gasteiger charge is -2.27. The molecular weight excluding hydrogens is 431 g/mol. The summed E-state index contributed by atoms with van der Waals surface area (Å²) in [6.07, 6.45) is 0.979. The molecule has 0 atom stereocenters. The van der Waals surface area contributed by atoms with Gasteiger partial charge in [0.1, 0.15) is 0 Å². The molecule has 0 aliphatic carbocycles. The van der Waals surface area contributed by atoms with E-state index in [1.165, 1.54) is 0 Å². The number of aromatic nitrogens is 4. The first-order valence-corrected chi connectivity index (χ1v) is 10.7. The van der Waals surface area contributed by atoms with Gasteiger partial charge < -0.3 is 10.6 Å². The Labute approximate surface area is 191 Å². The third-order valence-electron chi connectivity index (χ3n) is 5.06. The maximum atomic E-state index is 6.53. The zero-order valence-electron chi connectivity index (χ0n) is 17.0. The van der Waals surface area contributed by atoms with Crippen LogP contribution in [0.15, 0.2) is 60.7 Å². The Bertz CT molecular complexity index is 1180. The van der Waals surface area contributed by atoms with Crippen molar-refractivity contribution in [3.05, 3.63) is 76.3 Å². The van der Waals surface area contributed by atoms with Crippen molar-refractivity contribution in [1.29, 1.82) is 0 Å². The Morgan fingerprint density at radius 2 is 1.81 bits per heavy atom. The monoisotopic (exact) mass is 452 g/mol. The molecule has 1 heterocycles. The number of nitrogen functional groups attached to an aromatic ring is 1. The van der Waals surface area contributed by atoms with Crippen LogP contribution in [0, 0.1) is 0 Å². The summed E-state index contributed by atoms with van der Waals surface area (Å²) in [5.74, 6) is 0.545. The first-order valence-electron chi connectivity index (χ1n) is 9.98. The highest BCUT2D eigenvalue weighted by molar-refractivity contribution is 6.35. The maximum Gasteiger partial charge on any atom is 0.205 e. The third-order valence-corrected chi connectivity index (χ3v) is 5.65. The second kappa shape index (κ2) is 9.37. The fourth-order valence-electron chi connectivity index (χ4n) is 3.63. The number of nitrogens with zero attached hydrogens (tertiary/aromatic N) is 4. The van der Waals surface area contributed by atoms with E-state index in [2.05, 4.69) is 44.6 Å².